The van der Waals surface area contributed by atoms with E-state index in [9.17, 15) is 4.79 Å². The minimum Gasteiger partial charge on any atom is -0.355 e. The molecular weight excluding hydrogens is 192 g/mol. The summed E-state index contributed by atoms with van der Waals surface area (Å²) >= 11 is 0. The molecule has 1 aromatic rings. The van der Waals surface area contributed by atoms with Crippen LogP contribution in [-0.2, 0) is 18.3 Å². The fourth-order valence-corrected chi connectivity index (χ4v) is 1.12. The van der Waals surface area contributed by atoms with Gasteiger partial charge in [-0.25, -0.2) is 0 Å². The third-order valence-electron chi connectivity index (χ3n) is 2.04. The van der Waals surface area contributed by atoms with E-state index in [0.29, 0.717) is 13.0 Å². The molecule has 0 radical (unpaired) electrons. The van der Waals surface area contributed by atoms with Crippen molar-refractivity contribution in [3.63, 3.8) is 0 Å². The second-order valence-electron chi connectivity index (χ2n) is 3.37. The molecule has 0 spiro atoms. The first-order valence-corrected chi connectivity index (χ1v) is 4.79. The highest BCUT2D eigenvalue weighted by Crippen LogP contribution is 1.95. The number of hydrogen-bond donors (Lipinski definition) is 1. The summed E-state index contributed by atoms with van der Waals surface area (Å²) in [6, 6.07) is 3.79. The van der Waals surface area contributed by atoms with Gasteiger partial charge in [-0.2, -0.15) is 10.4 Å². The van der Waals surface area contributed by atoms with Gasteiger partial charge in [0.1, 0.15) is 5.92 Å². The molecular formula is C10H14N4O. The number of nitriles is 1. The maximum Gasteiger partial charge on any atom is 0.237 e. The van der Waals surface area contributed by atoms with Crippen LogP contribution in [0, 0.1) is 17.2 Å². The van der Waals surface area contributed by atoms with Crippen LogP contribution in [0.15, 0.2) is 12.3 Å². The lowest BCUT2D eigenvalue weighted by Gasteiger charge is -2.04. The maximum absolute atomic E-state index is 11.2. The maximum atomic E-state index is 11.2. The third kappa shape index (κ3) is 3.43. The molecule has 0 fully saturated rings. The van der Waals surface area contributed by atoms with Crippen molar-refractivity contribution in [2.75, 3.05) is 6.54 Å². The van der Waals surface area contributed by atoms with Crippen LogP contribution < -0.4 is 5.32 Å². The highest BCUT2D eigenvalue weighted by molar-refractivity contribution is 5.80. The minimum absolute atomic E-state index is 0.228. The van der Waals surface area contributed by atoms with Gasteiger partial charge in [0.15, 0.2) is 0 Å². The van der Waals surface area contributed by atoms with Crippen molar-refractivity contribution in [3.05, 3.63) is 18.0 Å². The number of nitrogens with one attached hydrogen (secondary N) is 1. The fourth-order valence-electron chi connectivity index (χ4n) is 1.12. The Kier molecular flexibility index (Phi) is 3.86. The smallest absolute Gasteiger partial charge is 0.237 e. The lowest BCUT2D eigenvalue weighted by molar-refractivity contribution is -0.122. The van der Waals surface area contributed by atoms with Crippen LogP contribution in [0.1, 0.15) is 12.6 Å². The number of carbonyl (C=O) groups excluding carboxylic acids is 1. The highest BCUT2D eigenvalue weighted by Gasteiger charge is 2.10. The van der Waals surface area contributed by atoms with Gasteiger partial charge in [0, 0.05) is 26.2 Å². The summed E-state index contributed by atoms with van der Waals surface area (Å²) in [5, 5.41) is 15.4. The molecule has 1 amide bonds. The molecule has 0 aliphatic carbocycles. The van der Waals surface area contributed by atoms with E-state index in [-0.39, 0.29) is 5.91 Å². The van der Waals surface area contributed by atoms with Gasteiger partial charge in [-0.1, -0.05) is 0 Å². The largest absolute Gasteiger partial charge is 0.355 e. The van der Waals surface area contributed by atoms with E-state index in [1.54, 1.807) is 11.6 Å². The van der Waals surface area contributed by atoms with Gasteiger partial charge in [-0.3, -0.25) is 9.48 Å². The molecule has 1 N–H and O–H groups in total. The van der Waals surface area contributed by atoms with Crippen molar-refractivity contribution < 1.29 is 4.79 Å². The molecule has 15 heavy (non-hydrogen) atoms. The van der Waals surface area contributed by atoms with Crippen molar-refractivity contribution in [2.45, 2.75) is 13.3 Å². The number of aromatic nitrogens is 2. The Balaban J connectivity index is 2.28. The van der Waals surface area contributed by atoms with Crippen molar-refractivity contribution in [3.8, 4) is 6.07 Å². The summed E-state index contributed by atoms with van der Waals surface area (Å²) in [5.74, 6) is -0.817. The SMILES string of the molecule is CC(C#N)C(=O)NCCc1ccn(C)n1. The zero-order valence-electron chi connectivity index (χ0n) is 8.90. The fraction of sp³-hybridized carbons (Fsp3) is 0.500. The number of carbonyl (C=O) groups is 1. The summed E-state index contributed by atoms with van der Waals surface area (Å²) in [6.07, 6.45) is 2.54. The van der Waals surface area contributed by atoms with E-state index < -0.39 is 5.92 Å². The van der Waals surface area contributed by atoms with Gasteiger partial charge < -0.3 is 5.32 Å². The predicted octanol–water partition coefficient (Wildman–Crippen LogP) is 0.238. The summed E-state index contributed by atoms with van der Waals surface area (Å²) in [4.78, 5) is 11.2. The molecule has 0 saturated carbocycles. The second kappa shape index (κ2) is 5.15. The molecule has 1 heterocycles. The predicted molar refractivity (Wildman–Crippen MR) is 54.7 cm³/mol. The molecule has 1 atom stereocenters. The first-order valence-electron chi connectivity index (χ1n) is 4.79. The van der Waals surface area contributed by atoms with E-state index in [0.717, 1.165) is 5.69 Å². The number of rotatable bonds is 4. The van der Waals surface area contributed by atoms with Crippen LogP contribution in [0.3, 0.4) is 0 Å². The van der Waals surface area contributed by atoms with Crippen LogP contribution >= 0.6 is 0 Å². The summed E-state index contributed by atoms with van der Waals surface area (Å²) in [5.41, 5.74) is 0.933. The number of amides is 1. The van der Waals surface area contributed by atoms with E-state index in [1.165, 1.54) is 0 Å². The average molecular weight is 206 g/mol. The molecule has 0 aliphatic rings. The Bertz CT molecular complexity index is 377. The highest BCUT2D eigenvalue weighted by atomic mass is 16.1. The second-order valence-corrected chi connectivity index (χ2v) is 3.37. The van der Waals surface area contributed by atoms with Crippen LogP contribution in [-0.4, -0.2) is 22.2 Å². The Hall–Kier alpha value is -1.83. The monoisotopic (exact) mass is 206 g/mol. The van der Waals surface area contributed by atoms with Gasteiger partial charge in [0.05, 0.1) is 11.8 Å². The average Bonchev–Trinajstić information content (AvgIpc) is 2.63. The zero-order valence-corrected chi connectivity index (χ0v) is 8.90. The number of hydrogen-bond acceptors (Lipinski definition) is 3. The molecule has 0 aliphatic heterocycles. The van der Waals surface area contributed by atoms with E-state index >= 15 is 0 Å². The quantitative estimate of drug-likeness (QED) is 0.767. The van der Waals surface area contributed by atoms with E-state index in [1.807, 2.05) is 25.4 Å². The lowest BCUT2D eigenvalue weighted by atomic mass is 10.2. The Morgan fingerprint density at radius 2 is 2.53 bits per heavy atom. The third-order valence-corrected chi connectivity index (χ3v) is 2.04. The van der Waals surface area contributed by atoms with Crippen LogP contribution in [0.2, 0.25) is 0 Å². The van der Waals surface area contributed by atoms with E-state index in [2.05, 4.69) is 10.4 Å². The standard InChI is InChI=1S/C10H14N4O/c1-8(7-11)10(15)12-5-3-9-4-6-14(2)13-9/h4,6,8H,3,5H2,1-2H3,(H,12,15). The molecule has 0 saturated heterocycles. The van der Waals surface area contributed by atoms with Gasteiger partial charge in [-0.15, -0.1) is 0 Å². The lowest BCUT2D eigenvalue weighted by Crippen LogP contribution is -2.30. The van der Waals surface area contributed by atoms with Crippen molar-refractivity contribution >= 4 is 5.91 Å². The molecule has 0 bridgehead atoms. The van der Waals surface area contributed by atoms with Gasteiger partial charge >= 0.3 is 0 Å². The number of nitrogens with zero attached hydrogens (tertiary/aromatic N) is 3. The first-order chi connectivity index (χ1) is 7.13. The van der Waals surface area contributed by atoms with Crippen molar-refractivity contribution in [2.24, 2.45) is 13.0 Å². The Labute approximate surface area is 88.7 Å². The van der Waals surface area contributed by atoms with Crippen LogP contribution in [0.4, 0.5) is 0 Å². The Morgan fingerprint density at radius 1 is 1.80 bits per heavy atom. The van der Waals surface area contributed by atoms with Crippen LogP contribution in [0.25, 0.3) is 0 Å². The molecule has 5 heteroatoms. The molecule has 1 rings (SSSR count). The molecule has 80 valence electrons. The Morgan fingerprint density at radius 3 is 3.07 bits per heavy atom. The molecule has 5 nitrogen and oxygen atoms in total. The summed E-state index contributed by atoms with van der Waals surface area (Å²) in [6.45, 7) is 2.10. The molecule has 1 unspecified atom stereocenters. The molecule has 0 aromatic carbocycles. The zero-order chi connectivity index (χ0) is 11.3. The van der Waals surface area contributed by atoms with E-state index in [4.69, 9.17) is 5.26 Å². The van der Waals surface area contributed by atoms with Crippen molar-refractivity contribution in [1.82, 2.24) is 15.1 Å². The summed E-state index contributed by atoms with van der Waals surface area (Å²) < 4.78 is 1.72. The van der Waals surface area contributed by atoms with Gasteiger partial charge in [-0.05, 0) is 13.0 Å². The van der Waals surface area contributed by atoms with Gasteiger partial charge in [0.25, 0.3) is 0 Å². The van der Waals surface area contributed by atoms with Crippen molar-refractivity contribution in [1.29, 1.82) is 5.26 Å². The molecule has 1 aromatic heterocycles. The topological polar surface area (TPSA) is 70.7 Å². The minimum atomic E-state index is -0.589. The van der Waals surface area contributed by atoms with Gasteiger partial charge in [0.2, 0.25) is 5.91 Å². The van der Waals surface area contributed by atoms with Crippen LogP contribution in [0.5, 0.6) is 0 Å². The first kappa shape index (κ1) is 11.2. The number of aryl methyl sites for hydroxylation is 1. The normalized spacial score (nSPS) is 11.8. The summed E-state index contributed by atoms with van der Waals surface area (Å²) in [7, 11) is 1.85.